The Morgan fingerprint density at radius 2 is 1.87 bits per heavy atom. The van der Waals surface area contributed by atoms with Gasteiger partial charge in [0.25, 0.3) is 0 Å². The molecule has 2 bridgehead atoms. The molecule has 7 atom stereocenters. The van der Waals surface area contributed by atoms with Crippen molar-refractivity contribution in [1.82, 2.24) is 14.7 Å². The Hall–Kier alpha value is -2.49. The van der Waals surface area contributed by atoms with E-state index in [9.17, 15) is 19.5 Å². The average Bonchev–Trinajstić information content (AvgIpc) is 3.49. The van der Waals surface area contributed by atoms with Crippen molar-refractivity contribution in [3.05, 3.63) is 61.2 Å². The summed E-state index contributed by atoms with van der Waals surface area (Å²) in [5.74, 6) is -2.34. The fourth-order valence-corrected chi connectivity index (χ4v) is 7.49. The van der Waals surface area contributed by atoms with Gasteiger partial charge in [-0.1, -0.05) is 58.4 Å². The van der Waals surface area contributed by atoms with E-state index in [0.717, 1.165) is 5.56 Å². The Morgan fingerprint density at radius 1 is 1.21 bits per heavy atom. The third-order valence-electron chi connectivity index (χ3n) is 8.18. The second-order valence-corrected chi connectivity index (χ2v) is 12.0. The Balaban J connectivity index is 1.82. The number of carbonyl (C=O) groups is 3. The largest absolute Gasteiger partial charge is 0.394 e. The van der Waals surface area contributed by atoms with Crippen LogP contribution in [0.1, 0.15) is 25.8 Å². The van der Waals surface area contributed by atoms with Crippen LogP contribution in [0.5, 0.6) is 0 Å². The van der Waals surface area contributed by atoms with E-state index in [1.165, 1.54) is 4.90 Å². The lowest BCUT2D eigenvalue weighted by Crippen LogP contribution is -2.60. The number of fused-ring (bicyclic) bond motifs is 1. The van der Waals surface area contributed by atoms with Gasteiger partial charge >= 0.3 is 0 Å². The van der Waals surface area contributed by atoms with Gasteiger partial charge in [0.1, 0.15) is 11.6 Å². The van der Waals surface area contributed by atoms with Crippen LogP contribution in [0.2, 0.25) is 0 Å². The van der Waals surface area contributed by atoms with Crippen LogP contribution in [-0.2, 0) is 25.5 Å². The topological polar surface area (TPSA) is 90.4 Å². The lowest BCUT2D eigenvalue weighted by atomic mass is 9.70. The number of carbonyl (C=O) groups excluding carboxylic acids is 3. The molecular formula is C29H38BrN3O5. The van der Waals surface area contributed by atoms with Crippen LogP contribution in [0, 0.1) is 11.8 Å². The zero-order valence-electron chi connectivity index (χ0n) is 22.3. The van der Waals surface area contributed by atoms with Gasteiger partial charge in [-0.15, -0.1) is 13.2 Å². The van der Waals surface area contributed by atoms with Crippen molar-refractivity contribution < 1.29 is 24.2 Å². The highest BCUT2D eigenvalue weighted by Crippen LogP contribution is 2.60. The summed E-state index contributed by atoms with van der Waals surface area (Å²) in [5, 5.41) is 10.6. The molecular weight excluding hydrogens is 550 g/mol. The molecule has 1 aromatic carbocycles. The average molecular weight is 589 g/mol. The molecule has 3 amide bonds. The molecule has 3 heterocycles. The molecule has 8 nitrogen and oxygen atoms in total. The summed E-state index contributed by atoms with van der Waals surface area (Å²) in [5.41, 5.74) is -0.241. The number of alkyl halides is 1. The lowest BCUT2D eigenvalue weighted by Gasteiger charge is -2.40. The minimum absolute atomic E-state index is 0.149. The van der Waals surface area contributed by atoms with Crippen molar-refractivity contribution in [3.63, 3.8) is 0 Å². The first kappa shape index (κ1) is 28.5. The molecule has 9 heteroatoms. The van der Waals surface area contributed by atoms with Gasteiger partial charge in [0, 0.05) is 31.0 Å². The summed E-state index contributed by atoms with van der Waals surface area (Å²) in [4.78, 5) is 47.0. The molecule has 0 aliphatic carbocycles. The number of halogens is 1. The third-order valence-corrected chi connectivity index (χ3v) is 9.02. The standard InChI is InChI=1S/C29H38BrN3O5/c1-6-13-31(5)26(35)22-23-27(36)33(20(17-34)15-19-11-9-8-10-12-19)25(28(37)32(14-7-2)18(3)4)29(23)16-21(30)24(22)38-29/h6-12,18,20-25,34H,1-2,13-17H2,3-5H3/t20-,21?,22-,23+,24-,25?,29?/m1/s1. The normalized spacial score (nSPS) is 30.3. The van der Waals surface area contributed by atoms with Crippen LogP contribution in [0.25, 0.3) is 0 Å². The summed E-state index contributed by atoms with van der Waals surface area (Å²) in [6, 6.07) is 7.80. The number of likely N-dealkylation sites (tertiary alicyclic amines) is 1. The SMILES string of the molecule is C=CCN(C)C(=O)[C@H]1[C@@H]2OC3(CC2Br)C(C(=O)N(CC=C)C(C)C)N([C@@H](CO)Cc2ccccc2)C(=O)[C@H]13. The highest BCUT2D eigenvalue weighted by atomic mass is 79.9. The van der Waals surface area contributed by atoms with Crippen molar-refractivity contribution >= 4 is 33.7 Å². The van der Waals surface area contributed by atoms with Gasteiger partial charge in [-0.25, -0.2) is 0 Å². The maximum atomic E-state index is 14.4. The number of amides is 3. The molecule has 3 unspecified atom stereocenters. The first-order chi connectivity index (χ1) is 18.1. The lowest BCUT2D eigenvalue weighted by molar-refractivity contribution is -0.152. The third kappa shape index (κ3) is 4.62. The van der Waals surface area contributed by atoms with Crippen molar-refractivity contribution in [2.75, 3.05) is 26.7 Å². The van der Waals surface area contributed by atoms with Gasteiger partial charge in [0.2, 0.25) is 17.7 Å². The molecule has 3 aliphatic rings. The van der Waals surface area contributed by atoms with Crippen molar-refractivity contribution in [2.45, 2.75) is 61.3 Å². The smallest absolute Gasteiger partial charge is 0.248 e. The Labute approximate surface area is 233 Å². The Kier molecular flexibility index (Phi) is 8.49. The number of hydrogen-bond donors (Lipinski definition) is 1. The summed E-state index contributed by atoms with van der Waals surface area (Å²) < 4.78 is 6.61. The molecule has 1 N–H and O–H groups in total. The first-order valence-electron chi connectivity index (χ1n) is 13.2. The van der Waals surface area contributed by atoms with Crippen LogP contribution in [0.3, 0.4) is 0 Å². The molecule has 0 radical (unpaired) electrons. The van der Waals surface area contributed by atoms with Gasteiger partial charge in [0.05, 0.1) is 30.6 Å². The van der Waals surface area contributed by atoms with E-state index in [-0.39, 0.29) is 35.2 Å². The number of hydrogen-bond acceptors (Lipinski definition) is 5. The molecule has 1 spiro atoms. The Morgan fingerprint density at radius 3 is 2.45 bits per heavy atom. The highest BCUT2D eigenvalue weighted by Gasteiger charge is 2.77. The van der Waals surface area contributed by atoms with E-state index in [1.54, 1.807) is 29.0 Å². The summed E-state index contributed by atoms with van der Waals surface area (Å²) in [6.07, 6.45) is 3.56. The minimum Gasteiger partial charge on any atom is -0.394 e. The number of benzene rings is 1. The first-order valence-corrected chi connectivity index (χ1v) is 14.1. The fraction of sp³-hybridized carbons (Fsp3) is 0.552. The van der Waals surface area contributed by atoms with E-state index in [0.29, 0.717) is 25.9 Å². The quantitative estimate of drug-likeness (QED) is 0.317. The molecule has 206 valence electrons. The molecule has 1 aromatic rings. The summed E-state index contributed by atoms with van der Waals surface area (Å²) in [6.45, 7) is 11.7. The number of likely N-dealkylation sites (N-methyl/N-ethyl adjacent to an activating group) is 1. The van der Waals surface area contributed by atoms with Crippen LogP contribution in [-0.4, -0.2) is 98.9 Å². The second-order valence-electron chi connectivity index (χ2n) is 10.8. The predicted molar refractivity (Wildman–Crippen MR) is 148 cm³/mol. The monoisotopic (exact) mass is 587 g/mol. The highest BCUT2D eigenvalue weighted by molar-refractivity contribution is 9.09. The van der Waals surface area contributed by atoms with Crippen molar-refractivity contribution in [3.8, 4) is 0 Å². The van der Waals surface area contributed by atoms with Gasteiger partial charge in [-0.3, -0.25) is 14.4 Å². The van der Waals surface area contributed by atoms with Crippen LogP contribution >= 0.6 is 15.9 Å². The fourth-order valence-electron chi connectivity index (χ4n) is 6.55. The van der Waals surface area contributed by atoms with E-state index < -0.39 is 35.6 Å². The number of aliphatic hydroxyl groups is 1. The molecule has 3 saturated heterocycles. The van der Waals surface area contributed by atoms with Crippen LogP contribution < -0.4 is 0 Å². The molecule has 3 aliphatic heterocycles. The van der Waals surface area contributed by atoms with Gasteiger partial charge in [-0.05, 0) is 32.3 Å². The molecule has 0 aromatic heterocycles. The minimum atomic E-state index is -1.18. The van der Waals surface area contributed by atoms with Gasteiger partial charge in [-0.2, -0.15) is 0 Å². The summed E-state index contributed by atoms with van der Waals surface area (Å²) >= 11 is 3.71. The maximum Gasteiger partial charge on any atom is 0.248 e. The number of aliphatic hydroxyl groups excluding tert-OH is 1. The molecule has 4 rings (SSSR count). The molecule has 0 saturated carbocycles. The predicted octanol–water partition coefficient (Wildman–Crippen LogP) is 2.41. The summed E-state index contributed by atoms with van der Waals surface area (Å²) in [7, 11) is 1.68. The Bertz CT molecular complexity index is 1080. The second kappa shape index (κ2) is 11.3. The van der Waals surface area contributed by atoms with Gasteiger partial charge in [0.15, 0.2) is 0 Å². The van der Waals surface area contributed by atoms with Crippen molar-refractivity contribution in [1.29, 1.82) is 0 Å². The van der Waals surface area contributed by atoms with E-state index in [4.69, 9.17) is 4.74 Å². The van der Waals surface area contributed by atoms with E-state index in [1.807, 2.05) is 44.2 Å². The zero-order valence-corrected chi connectivity index (χ0v) is 23.9. The van der Waals surface area contributed by atoms with E-state index in [2.05, 4.69) is 29.1 Å². The number of nitrogens with zero attached hydrogens (tertiary/aromatic N) is 3. The maximum absolute atomic E-state index is 14.4. The van der Waals surface area contributed by atoms with Gasteiger partial charge < -0.3 is 24.5 Å². The molecule has 3 fully saturated rings. The molecule has 38 heavy (non-hydrogen) atoms. The van der Waals surface area contributed by atoms with Crippen molar-refractivity contribution in [2.24, 2.45) is 11.8 Å². The zero-order chi connectivity index (χ0) is 27.8. The van der Waals surface area contributed by atoms with Crippen LogP contribution in [0.15, 0.2) is 55.6 Å². The van der Waals surface area contributed by atoms with Crippen LogP contribution in [0.4, 0.5) is 0 Å². The number of rotatable bonds is 11. The number of ether oxygens (including phenoxy) is 1. The van der Waals surface area contributed by atoms with E-state index >= 15 is 0 Å².